The molecule has 0 atom stereocenters. The van der Waals surface area contributed by atoms with Gasteiger partial charge in [0, 0.05) is 35.7 Å². The average Bonchev–Trinajstić information content (AvgIpc) is 3.15. The molecule has 2 aromatic carbocycles. The van der Waals surface area contributed by atoms with Crippen LogP contribution < -0.4 is 15.4 Å². The third-order valence-corrected chi connectivity index (χ3v) is 4.90. The van der Waals surface area contributed by atoms with Crippen molar-refractivity contribution in [3.8, 4) is 16.3 Å². The number of amides is 2. The second kappa shape index (κ2) is 9.14. The summed E-state index contributed by atoms with van der Waals surface area (Å²) in [7, 11) is 1.64. The lowest BCUT2D eigenvalue weighted by Crippen LogP contribution is -2.13. The molecule has 3 aromatic rings. The second-order valence-electron chi connectivity index (χ2n) is 6.18. The summed E-state index contributed by atoms with van der Waals surface area (Å²) < 4.78 is 5.17. The van der Waals surface area contributed by atoms with Crippen LogP contribution in [-0.4, -0.2) is 23.9 Å². The van der Waals surface area contributed by atoms with Gasteiger partial charge in [-0.2, -0.15) is 0 Å². The molecule has 0 spiro atoms. The maximum atomic E-state index is 12.2. The number of hydrogen-bond donors (Lipinski definition) is 2. The Labute approximate surface area is 167 Å². The number of thiazole rings is 1. The molecular formula is C21H21N3O3S. The van der Waals surface area contributed by atoms with E-state index in [4.69, 9.17) is 4.74 Å². The van der Waals surface area contributed by atoms with Crippen LogP contribution in [0.25, 0.3) is 10.6 Å². The van der Waals surface area contributed by atoms with Crippen molar-refractivity contribution in [2.24, 2.45) is 0 Å². The first kappa shape index (κ1) is 19.6. The van der Waals surface area contributed by atoms with Crippen molar-refractivity contribution in [1.29, 1.82) is 0 Å². The quantitative estimate of drug-likeness (QED) is 0.623. The van der Waals surface area contributed by atoms with E-state index in [2.05, 4.69) is 15.6 Å². The fraction of sp³-hybridized carbons (Fsp3) is 0.190. The van der Waals surface area contributed by atoms with Crippen molar-refractivity contribution in [3.63, 3.8) is 0 Å². The normalized spacial score (nSPS) is 10.4. The molecule has 1 heterocycles. The molecule has 1 aromatic heterocycles. The van der Waals surface area contributed by atoms with Gasteiger partial charge in [-0.1, -0.05) is 6.07 Å². The molecule has 0 aliphatic carbocycles. The van der Waals surface area contributed by atoms with Gasteiger partial charge in [-0.3, -0.25) is 9.59 Å². The highest BCUT2D eigenvalue weighted by atomic mass is 32.1. The molecular weight excluding hydrogens is 374 g/mol. The third-order valence-electron chi connectivity index (χ3n) is 3.96. The zero-order valence-electron chi connectivity index (χ0n) is 15.7. The van der Waals surface area contributed by atoms with Gasteiger partial charge < -0.3 is 15.4 Å². The monoisotopic (exact) mass is 395 g/mol. The van der Waals surface area contributed by atoms with Gasteiger partial charge in [0.25, 0.3) is 0 Å². The summed E-state index contributed by atoms with van der Waals surface area (Å²) in [6.07, 6.45) is 0.889. The lowest BCUT2D eigenvalue weighted by Gasteiger charge is -2.07. The van der Waals surface area contributed by atoms with Crippen LogP contribution in [0, 0.1) is 0 Å². The fourth-order valence-corrected chi connectivity index (χ4v) is 3.49. The lowest BCUT2D eigenvalue weighted by atomic mass is 10.2. The molecule has 0 saturated carbocycles. The van der Waals surface area contributed by atoms with E-state index in [1.54, 1.807) is 42.7 Å². The number of ether oxygens (including phenoxy) is 1. The highest BCUT2D eigenvalue weighted by Crippen LogP contribution is 2.26. The average molecular weight is 395 g/mol. The molecule has 0 aliphatic rings. The zero-order valence-corrected chi connectivity index (χ0v) is 16.5. The van der Waals surface area contributed by atoms with Crippen molar-refractivity contribution in [3.05, 3.63) is 59.6 Å². The second-order valence-corrected chi connectivity index (χ2v) is 7.04. The van der Waals surface area contributed by atoms with E-state index in [0.29, 0.717) is 24.2 Å². The number of nitrogens with zero attached hydrogens (tertiary/aromatic N) is 1. The first-order valence-corrected chi connectivity index (χ1v) is 9.68. The molecule has 7 heteroatoms. The summed E-state index contributed by atoms with van der Waals surface area (Å²) in [6.45, 7) is 1.44. The minimum absolute atomic E-state index is 0.0982. The Balaban J connectivity index is 1.55. The topological polar surface area (TPSA) is 80.3 Å². The summed E-state index contributed by atoms with van der Waals surface area (Å²) in [4.78, 5) is 28.0. The Bertz CT molecular complexity index is 967. The zero-order chi connectivity index (χ0) is 19.9. The number of carbonyl (C=O) groups is 2. The maximum absolute atomic E-state index is 12.2. The summed E-state index contributed by atoms with van der Waals surface area (Å²) in [5.74, 6) is 0.554. The van der Waals surface area contributed by atoms with E-state index in [1.807, 2.05) is 29.6 Å². The summed E-state index contributed by atoms with van der Waals surface area (Å²) >= 11 is 1.56. The molecule has 2 amide bonds. The third kappa shape index (κ3) is 5.40. The molecule has 28 heavy (non-hydrogen) atoms. The van der Waals surface area contributed by atoms with Crippen molar-refractivity contribution in [2.45, 2.75) is 19.8 Å². The van der Waals surface area contributed by atoms with Crippen molar-refractivity contribution >= 4 is 34.5 Å². The maximum Gasteiger partial charge on any atom is 0.224 e. The van der Waals surface area contributed by atoms with Gasteiger partial charge in [0.05, 0.1) is 12.8 Å². The number of nitrogens with one attached hydrogen (secondary N) is 2. The molecule has 3 rings (SSSR count). The Morgan fingerprint density at radius 2 is 1.79 bits per heavy atom. The Morgan fingerprint density at radius 1 is 1.07 bits per heavy atom. The number of rotatable bonds is 7. The Kier molecular flexibility index (Phi) is 6.39. The lowest BCUT2D eigenvalue weighted by molar-refractivity contribution is -0.116. The van der Waals surface area contributed by atoms with Crippen LogP contribution in [0.15, 0.2) is 53.9 Å². The van der Waals surface area contributed by atoms with Gasteiger partial charge in [-0.05, 0) is 48.9 Å². The first-order chi connectivity index (χ1) is 13.5. The van der Waals surface area contributed by atoms with E-state index in [-0.39, 0.29) is 11.8 Å². The Hall–Kier alpha value is -3.19. The smallest absolute Gasteiger partial charge is 0.224 e. The van der Waals surface area contributed by atoms with Crippen LogP contribution >= 0.6 is 11.3 Å². The molecule has 6 nitrogen and oxygen atoms in total. The van der Waals surface area contributed by atoms with Gasteiger partial charge in [-0.15, -0.1) is 11.3 Å². The fourth-order valence-electron chi connectivity index (χ4n) is 2.63. The number of benzene rings is 2. The van der Waals surface area contributed by atoms with Crippen LogP contribution in [0.3, 0.4) is 0 Å². The number of methoxy groups -OCH3 is 1. The molecule has 0 radical (unpaired) electrons. The summed E-state index contributed by atoms with van der Waals surface area (Å²) in [6, 6.07) is 14.8. The van der Waals surface area contributed by atoms with Gasteiger partial charge in [0.2, 0.25) is 11.8 Å². The van der Waals surface area contributed by atoms with Crippen LogP contribution in [-0.2, 0) is 16.0 Å². The van der Waals surface area contributed by atoms with E-state index >= 15 is 0 Å². The summed E-state index contributed by atoms with van der Waals surface area (Å²) in [5.41, 5.74) is 3.21. The SMILES string of the molecule is COc1ccc(-c2nc(CCC(=O)Nc3cccc(NC(C)=O)c3)cs2)cc1. The van der Waals surface area contributed by atoms with E-state index in [0.717, 1.165) is 22.0 Å². The van der Waals surface area contributed by atoms with E-state index in [1.165, 1.54) is 6.92 Å². The molecule has 0 saturated heterocycles. The highest BCUT2D eigenvalue weighted by molar-refractivity contribution is 7.13. The first-order valence-electron chi connectivity index (χ1n) is 8.80. The summed E-state index contributed by atoms with van der Waals surface area (Å²) in [5, 5.41) is 8.44. The Morgan fingerprint density at radius 3 is 2.46 bits per heavy atom. The number of aromatic nitrogens is 1. The predicted octanol–water partition coefficient (Wildman–Crippen LogP) is 4.35. The van der Waals surface area contributed by atoms with Gasteiger partial charge in [-0.25, -0.2) is 4.98 Å². The van der Waals surface area contributed by atoms with Gasteiger partial charge in [0.15, 0.2) is 0 Å². The molecule has 0 bridgehead atoms. The van der Waals surface area contributed by atoms with E-state index < -0.39 is 0 Å². The molecule has 0 unspecified atom stereocenters. The standard InChI is InChI=1S/C21H21N3O3S/c1-14(25)22-16-4-3-5-17(12-16)23-20(26)11-8-18-13-28-21(24-18)15-6-9-19(27-2)10-7-15/h3-7,9-10,12-13H,8,11H2,1-2H3,(H,22,25)(H,23,26). The van der Waals surface area contributed by atoms with Crippen LogP contribution in [0.1, 0.15) is 19.0 Å². The van der Waals surface area contributed by atoms with Crippen LogP contribution in [0.5, 0.6) is 5.75 Å². The van der Waals surface area contributed by atoms with E-state index in [9.17, 15) is 9.59 Å². The molecule has 0 fully saturated rings. The van der Waals surface area contributed by atoms with Gasteiger partial charge >= 0.3 is 0 Å². The van der Waals surface area contributed by atoms with Crippen LogP contribution in [0.2, 0.25) is 0 Å². The van der Waals surface area contributed by atoms with Crippen molar-refractivity contribution in [1.82, 2.24) is 4.98 Å². The molecule has 2 N–H and O–H groups in total. The van der Waals surface area contributed by atoms with Crippen LogP contribution in [0.4, 0.5) is 11.4 Å². The number of aryl methyl sites for hydroxylation is 1. The minimum atomic E-state index is -0.153. The predicted molar refractivity (Wildman–Crippen MR) is 112 cm³/mol. The van der Waals surface area contributed by atoms with Crippen molar-refractivity contribution < 1.29 is 14.3 Å². The largest absolute Gasteiger partial charge is 0.497 e. The number of anilines is 2. The number of carbonyl (C=O) groups excluding carboxylic acids is 2. The molecule has 0 aliphatic heterocycles. The highest BCUT2D eigenvalue weighted by Gasteiger charge is 2.09. The molecule has 144 valence electrons. The number of hydrogen-bond acceptors (Lipinski definition) is 5. The van der Waals surface area contributed by atoms with Gasteiger partial charge in [0.1, 0.15) is 10.8 Å². The van der Waals surface area contributed by atoms with Crippen molar-refractivity contribution in [2.75, 3.05) is 17.7 Å². The minimum Gasteiger partial charge on any atom is -0.497 e.